The fourth-order valence-electron chi connectivity index (χ4n) is 2.64. The van der Waals surface area contributed by atoms with Crippen LogP contribution in [0.4, 0.5) is 0 Å². The summed E-state index contributed by atoms with van der Waals surface area (Å²) in [5, 5.41) is 9.31. The summed E-state index contributed by atoms with van der Waals surface area (Å²) < 4.78 is 31.8. The molecule has 25 heavy (non-hydrogen) atoms. The Bertz CT molecular complexity index is 777. The monoisotopic (exact) mass is 368 g/mol. The number of nitrogens with one attached hydrogen (secondary N) is 1. The number of carbonyl (C=O) groups is 2. The number of methoxy groups -OCH3 is 1. The molecule has 136 valence electrons. The molecule has 0 spiro atoms. The van der Waals surface area contributed by atoms with Crippen LogP contribution in [0.15, 0.2) is 41.8 Å². The number of ether oxygens (including phenoxy) is 1. The average Bonchev–Trinajstić information content (AvgIpc) is 3.04. The summed E-state index contributed by atoms with van der Waals surface area (Å²) in [5.74, 6) is -1.67. The quantitative estimate of drug-likeness (QED) is 0.676. The van der Waals surface area contributed by atoms with Crippen molar-refractivity contribution >= 4 is 21.9 Å². The lowest BCUT2D eigenvalue weighted by Crippen LogP contribution is -2.40. The Balaban J connectivity index is 2.29. The first kappa shape index (κ1) is 19.1. The van der Waals surface area contributed by atoms with Crippen LogP contribution in [0.2, 0.25) is 0 Å². The third-order valence-electron chi connectivity index (χ3n) is 3.95. The van der Waals surface area contributed by atoms with Crippen molar-refractivity contribution in [2.75, 3.05) is 20.2 Å². The predicted molar refractivity (Wildman–Crippen MR) is 89.7 cm³/mol. The van der Waals surface area contributed by atoms with E-state index in [1.165, 1.54) is 42.4 Å². The van der Waals surface area contributed by atoms with E-state index < -0.39 is 27.9 Å². The molecule has 9 heteroatoms. The fourth-order valence-corrected chi connectivity index (χ4v) is 3.68. The number of benzene rings is 1. The maximum absolute atomic E-state index is 12.7. The van der Waals surface area contributed by atoms with Crippen LogP contribution < -0.4 is 4.72 Å². The van der Waals surface area contributed by atoms with Gasteiger partial charge >= 0.3 is 5.97 Å². The normalized spacial score (nSPS) is 20.4. The topological polar surface area (TPSA) is 113 Å². The van der Waals surface area contributed by atoms with E-state index in [1.54, 1.807) is 0 Å². The Hall–Kier alpha value is -2.23. The molecule has 1 aromatic carbocycles. The van der Waals surface area contributed by atoms with E-state index in [1.807, 2.05) is 0 Å². The van der Waals surface area contributed by atoms with Crippen LogP contribution in [0.1, 0.15) is 16.8 Å². The van der Waals surface area contributed by atoms with Gasteiger partial charge in [0.25, 0.3) is 5.91 Å². The van der Waals surface area contributed by atoms with Gasteiger partial charge in [0.05, 0.1) is 11.0 Å². The highest BCUT2D eigenvalue weighted by atomic mass is 32.2. The van der Waals surface area contributed by atoms with Gasteiger partial charge in [-0.05, 0) is 18.2 Å². The minimum absolute atomic E-state index is 0.0588. The number of rotatable bonds is 7. The van der Waals surface area contributed by atoms with Crippen molar-refractivity contribution in [1.82, 2.24) is 9.62 Å². The molecule has 1 aliphatic heterocycles. The first-order valence-electron chi connectivity index (χ1n) is 7.57. The largest absolute Gasteiger partial charge is 0.480 e. The first-order valence-corrected chi connectivity index (χ1v) is 9.05. The van der Waals surface area contributed by atoms with Crippen LogP contribution in [0, 0.1) is 0 Å². The minimum atomic E-state index is -3.78. The summed E-state index contributed by atoms with van der Waals surface area (Å²) in [7, 11) is -2.33. The molecule has 2 unspecified atom stereocenters. The van der Waals surface area contributed by atoms with Gasteiger partial charge in [0.1, 0.15) is 6.04 Å². The highest BCUT2D eigenvalue weighted by molar-refractivity contribution is 7.89. The number of nitrogens with zero attached hydrogens (tertiary/aromatic N) is 1. The smallest absolute Gasteiger partial charge is 0.326 e. The van der Waals surface area contributed by atoms with Crippen LogP contribution in [0.3, 0.4) is 0 Å². The minimum Gasteiger partial charge on any atom is -0.480 e. The molecule has 0 saturated carbocycles. The zero-order valence-corrected chi connectivity index (χ0v) is 14.5. The number of carboxylic acid groups (broad SMARTS) is 1. The van der Waals surface area contributed by atoms with Crippen molar-refractivity contribution in [2.45, 2.75) is 23.5 Å². The molecule has 1 saturated heterocycles. The molecule has 1 aromatic rings. The lowest BCUT2D eigenvalue weighted by molar-refractivity contribution is -0.141. The van der Waals surface area contributed by atoms with Gasteiger partial charge in [-0.25, -0.2) is 17.9 Å². The lowest BCUT2D eigenvalue weighted by Gasteiger charge is -2.21. The third kappa shape index (κ3) is 4.25. The molecule has 2 rings (SSSR count). The number of aliphatic carboxylic acids is 1. The lowest BCUT2D eigenvalue weighted by atomic mass is 10.1. The van der Waals surface area contributed by atoms with Crippen molar-refractivity contribution < 1.29 is 27.9 Å². The number of carbonyl (C=O) groups excluding carboxylic acids is 1. The molecule has 2 atom stereocenters. The average molecular weight is 368 g/mol. The van der Waals surface area contributed by atoms with Gasteiger partial charge in [0, 0.05) is 32.2 Å². The maximum atomic E-state index is 12.7. The van der Waals surface area contributed by atoms with Gasteiger partial charge < -0.3 is 14.7 Å². The van der Waals surface area contributed by atoms with Gasteiger partial charge in [0.15, 0.2) is 0 Å². The molecule has 8 nitrogen and oxygen atoms in total. The van der Waals surface area contributed by atoms with Crippen molar-refractivity contribution in [3.8, 4) is 0 Å². The molecule has 0 bridgehead atoms. The van der Waals surface area contributed by atoms with Gasteiger partial charge in [-0.2, -0.15) is 0 Å². The second kappa shape index (κ2) is 7.77. The Morgan fingerprint density at radius 3 is 2.80 bits per heavy atom. The van der Waals surface area contributed by atoms with E-state index in [0.29, 0.717) is 0 Å². The van der Waals surface area contributed by atoms with E-state index >= 15 is 0 Å². The van der Waals surface area contributed by atoms with Crippen LogP contribution in [0.25, 0.3) is 0 Å². The molecule has 1 heterocycles. The number of likely N-dealkylation sites (tertiary alicyclic amines) is 1. The van der Waals surface area contributed by atoms with E-state index in [9.17, 15) is 23.1 Å². The molecular formula is C16H20N2O6S. The van der Waals surface area contributed by atoms with Crippen molar-refractivity contribution in [3.63, 3.8) is 0 Å². The number of hydrogen-bond donors (Lipinski definition) is 2. The Morgan fingerprint density at radius 1 is 1.48 bits per heavy atom. The highest BCUT2D eigenvalue weighted by Crippen LogP contribution is 2.23. The van der Waals surface area contributed by atoms with Crippen molar-refractivity contribution in [3.05, 3.63) is 42.5 Å². The molecule has 0 radical (unpaired) electrons. The maximum Gasteiger partial charge on any atom is 0.326 e. The number of carboxylic acids is 1. The van der Waals surface area contributed by atoms with Crippen LogP contribution in [-0.4, -0.2) is 62.6 Å². The van der Waals surface area contributed by atoms with E-state index in [4.69, 9.17) is 4.74 Å². The van der Waals surface area contributed by atoms with Gasteiger partial charge in [-0.3, -0.25) is 4.79 Å². The van der Waals surface area contributed by atoms with E-state index in [0.717, 1.165) is 0 Å². The van der Waals surface area contributed by atoms with Crippen LogP contribution >= 0.6 is 0 Å². The summed E-state index contributed by atoms with van der Waals surface area (Å²) in [6.07, 6.45) is 1.22. The SMILES string of the molecule is C=CCNS(=O)(=O)c1cccc(C(=O)N2CC(OC)CC2C(=O)O)c1. The third-order valence-corrected chi connectivity index (χ3v) is 5.37. The van der Waals surface area contributed by atoms with Crippen molar-refractivity contribution in [1.29, 1.82) is 0 Å². The van der Waals surface area contributed by atoms with Crippen molar-refractivity contribution in [2.24, 2.45) is 0 Å². The molecular weight excluding hydrogens is 348 g/mol. The summed E-state index contributed by atoms with van der Waals surface area (Å²) in [6.45, 7) is 3.64. The molecule has 1 amide bonds. The number of sulfonamides is 1. The van der Waals surface area contributed by atoms with E-state index in [-0.39, 0.29) is 36.1 Å². The van der Waals surface area contributed by atoms with Gasteiger partial charge in [0.2, 0.25) is 10.0 Å². The summed E-state index contributed by atoms with van der Waals surface area (Å²) >= 11 is 0. The Morgan fingerprint density at radius 2 is 2.20 bits per heavy atom. The fraction of sp³-hybridized carbons (Fsp3) is 0.375. The van der Waals surface area contributed by atoms with Crippen LogP contribution in [-0.2, 0) is 19.6 Å². The number of hydrogen-bond acceptors (Lipinski definition) is 5. The zero-order chi connectivity index (χ0) is 18.6. The zero-order valence-electron chi connectivity index (χ0n) is 13.7. The summed E-state index contributed by atoms with van der Waals surface area (Å²) in [4.78, 5) is 25.2. The molecule has 1 aliphatic rings. The Kier molecular flexibility index (Phi) is 5.93. The first-order chi connectivity index (χ1) is 11.8. The highest BCUT2D eigenvalue weighted by Gasteiger charge is 2.40. The molecule has 0 aromatic heterocycles. The molecule has 2 N–H and O–H groups in total. The van der Waals surface area contributed by atoms with Crippen LogP contribution in [0.5, 0.6) is 0 Å². The summed E-state index contributed by atoms with van der Waals surface area (Å²) in [5.41, 5.74) is 0.101. The molecule has 0 aliphatic carbocycles. The standard InChI is InChI=1S/C16H20N2O6S/c1-3-7-17-25(22,23)13-6-4-5-11(8-13)15(19)18-10-12(24-2)9-14(18)16(20)21/h3-6,8,12,14,17H,1,7,9-10H2,2H3,(H,20,21). The molecule has 1 fully saturated rings. The van der Waals surface area contributed by atoms with Gasteiger partial charge in [-0.15, -0.1) is 6.58 Å². The number of amides is 1. The predicted octanol–water partition coefficient (Wildman–Crippen LogP) is 0.465. The summed E-state index contributed by atoms with van der Waals surface area (Å²) in [6, 6.07) is 4.48. The Labute approximate surface area is 146 Å². The second-order valence-corrected chi connectivity index (χ2v) is 7.34. The van der Waals surface area contributed by atoms with E-state index in [2.05, 4.69) is 11.3 Å². The second-order valence-electron chi connectivity index (χ2n) is 5.57. The van der Waals surface area contributed by atoms with Gasteiger partial charge in [-0.1, -0.05) is 12.1 Å².